The molecular formula is C21H25NO6S. The zero-order valence-corrected chi connectivity index (χ0v) is 17.8. The maximum atomic E-state index is 12.7. The molecule has 0 saturated heterocycles. The van der Waals surface area contributed by atoms with E-state index in [0.717, 1.165) is 0 Å². The van der Waals surface area contributed by atoms with E-state index in [0.29, 0.717) is 30.0 Å². The van der Waals surface area contributed by atoms with Gasteiger partial charge in [0.05, 0.1) is 17.6 Å². The van der Waals surface area contributed by atoms with Gasteiger partial charge in [0.15, 0.2) is 5.78 Å². The molecule has 0 radical (unpaired) electrons. The van der Waals surface area contributed by atoms with E-state index in [9.17, 15) is 18.0 Å². The minimum absolute atomic E-state index is 0.0341. The fourth-order valence-electron chi connectivity index (χ4n) is 2.83. The lowest BCUT2D eigenvalue weighted by Crippen LogP contribution is -2.30. The summed E-state index contributed by atoms with van der Waals surface area (Å²) in [6, 6.07) is 10.6. The largest absolute Gasteiger partial charge is 0.496 e. The monoisotopic (exact) mass is 419 g/mol. The van der Waals surface area contributed by atoms with Gasteiger partial charge in [-0.25, -0.2) is 13.2 Å². The van der Waals surface area contributed by atoms with Gasteiger partial charge in [0, 0.05) is 24.2 Å². The number of methoxy groups -OCH3 is 1. The standard InChI is InChI=1S/C21H25NO6S/c1-5-22(6-2)29(25,26)19-9-7-8-17(13-19)21(24)28-14-18-12-16(15(3)23)10-11-20(18)27-4/h7-13H,5-6,14H2,1-4H3. The van der Waals surface area contributed by atoms with Crippen LogP contribution < -0.4 is 4.74 Å². The summed E-state index contributed by atoms with van der Waals surface area (Å²) in [4.78, 5) is 24.1. The molecule has 156 valence electrons. The van der Waals surface area contributed by atoms with E-state index >= 15 is 0 Å². The number of Topliss-reactive ketones (excluding diaryl/α,β-unsaturated/α-hetero) is 1. The smallest absolute Gasteiger partial charge is 0.338 e. The number of carbonyl (C=O) groups is 2. The number of sulfonamides is 1. The summed E-state index contributed by atoms with van der Waals surface area (Å²) in [5.74, 6) is -0.299. The number of ether oxygens (including phenoxy) is 2. The number of rotatable bonds is 9. The highest BCUT2D eigenvalue weighted by atomic mass is 32.2. The molecule has 7 nitrogen and oxygen atoms in total. The Hall–Kier alpha value is -2.71. The van der Waals surface area contributed by atoms with Crippen LogP contribution in [0.1, 0.15) is 47.1 Å². The second kappa shape index (κ2) is 9.67. The second-order valence-electron chi connectivity index (χ2n) is 6.28. The van der Waals surface area contributed by atoms with Gasteiger partial charge in [-0.3, -0.25) is 4.79 Å². The fourth-order valence-corrected chi connectivity index (χ4v) is 4.34. The molecule has 29 heavy (non-hydrogen) atoms. The minimum atomic E-state index is -3.68. The normalized spacial score (nSPS) is 11.3. The lowest BCUT2D eigenvalue weighted by atomic mass is 10.1. The lowest BCUT2D eigenvalue weighted by molar-refractivity contribution is 0.0470. The molecule has 0 aliphatic carbocycles. The van der Waals surface area contributed by atoms with E-state index in [4.69, 9.17) is 9.47 Å². The quantitative estimate of drug-likeness (QED) is 0.458. The third-order valence-electron chi connectivity index (χ3n) is 4.46. The van der Waals surface area contributed by atoms with Crippen LogP contribution in [0.25, 0.3) is 0 Å². The maximum absolute atomic E-state index is 12.7. The molecule has 8 heteroatoms. The van der Waals surface area contributed by atoms with Crippen LogP contribution >= 0.6 is 0 Å². The number of ketones is 1. The molecule has 0 atom stereocenters. The van der Waals surface area contributed by atoms with Crippen LogP contribution in [0, 0.1) is 0 Å². The van der Waals surface area contributed by atoms with E-state index in [1.165, 1.54) is 42.6 Å². The topological polar surface area (TPSA) is 90.0 Å². The van der Waals surface area contributed by atoms with Gasteiger partial charge in [-0.2, -0.15) is 4.31 Å². The van der Waals surface area contributed by atoms with Crippen molar-refractivity contribution in [2.75, 3.05) is 20.2 Å². The molecule has 2 aromatic rings. The molecule has 0 unspecified atom stereocenters. The Balaban J connectivity index is 2.23. The summed E-state index contributed by atoms with van der Waals surface area (Å²) < 4.78 is 37.2. The molecule has 0 aromatic heterocycles. The van der Waals surface area contributed by atoms with Crippen molar-refractivity contribution in [3.63, 3.8) is 0 Å². The van der Waals surface area contributed by atoms with Crippen LogP contribution in [-0.2, 0) is 21.4 Å². The van der Waals surface area contributed by atoms with Gasteiger partial charge in [0.25, 0.3) is 0 Å². The molecule has 0 N–H and O–H groups in total. The zero-order valence-electron chi connectivity index (χ0n) is 17.0. The van der Waals surface area contributed by atoms with Gasteiger partial charge in [-0.05, 0) is 43.3 Å². The zero-order chi connectivity index (χ0) is 21.6. The van der Waals surface area contributed by atoms with Gasteiger partial charge in [0.1, 0.15) is 12.4 Å². The Kier molecular flexibility index (Phi) is 7.53. The number of carbonyl (C=O) groups excluding carboxylic acids is 2. The van der Waals surface area contributed by atoms with E-state index in [1.54, 1.807) is 32.0 Å². The van der Waals surface area contributed by atoms with Gasteiger partial charge >= 0.3 is 5.97 Å². The van der Waals surface area contributed by atoms with E-state index in [1.807, 2.05) is 0 Å². The highest BCUT2D eigenvalue weighted by Gasteiger charge is 2.23. The minimum Gasteiger partial charge on any atom is -0.496 e. The van der Waals surface area contributed by atoms with Crippen LogP contribution in [0.5, 0.6) is 5.75 Å². The Morgan fingerprint density at radius 3 is 2.28 bits per heavy atom. The van der Waals surface area contributed by atoms with Crippen molar-refractivity contribution in [2.45, 2.75) is 32.3 Å². The third-order valence-corrected chi connectivity index (χ3v) is 6.50. The Labute approximate surface area is 171 Å². The third kappa shape index (κ3) is 5.21. The van der Waals surface area contributed by atoms with Crippen molar-refractivity contribution in [3.8, 4) is 5.75 Å². The molecule has 0 aliphatic rings. The Morgan fingerprint density at radius 1 is 1.00 bits per heavy atom. The Bertz CT molecular complexity index is 996. The highest BCUT2D eigenvalue weighted by molar-refractivity contribution is 7.89. The highest BCUT2D eigenvalue weighted by Crippen LogP contribution is 2.22. The van der Waals surface area contributed by atoms with Crippen LogP contribution in [0.4, 0.5) is 0 Å². The van der Waals surface area contributed by atoms with Gasteiger partial charge in [-0.15, -0.1) is 0 Å². The molecule has 0 amide bonds. The van der Waals surface area contributed by atoms with Crippen molar-refractivity contribution in [2.24, 2.45) is 0 Å². The van der Waals surface area contributed by atoms with Gasteiger partial charge in [0.2, 0.25) is 10.0 Å². The van der Waals surface area contributed by atoms with Crippen molar-refractivity contribution in [1.29, 1.82) is 0 Å². The van der Waals surface area contributed by atoms with Gasteiger partial charge < -0.3 is 9.47 Å². The van der Waals surface area contributed by atoms with Gasteiger partial charge in [-0.1, -0.05) is 19.9 Å². The van der Waals surface area contributed by atoms with Crippen LogP contribution in [-0.4, -0.2) is 44.7 Å². The van der Waals surface area contributed by atoms with Crippen molar-refractivity contribution in [3.05, 3.63) is 59.2 Å². The van der Waals surface area contributed by atoms with E-state index in [-0.39, 0.29) is 22.8 Å². The first-order valence-electron chi connectivity index (χ1n) is 9.19. The molecular weight excluding hydrogens is 394 g/mol. The Morgan fingerprint density at radius 2 is 1.69 bits per heavy atom. The van der Waals surface area contributed by atoms with Crippen molar-refractivity contribution < 1.29 is 27.5 Å². The maximum Gasteiger partial charge on any atom is 0.338 e. The molecule has 0 spiro atoms. The summed E-state index contributed by atoms with van der Waals surface area (Å²) in [6.45, 7) is 5.50. The summed E-state index contributed by atoms with van der Waals surface area (Å²) in [7, 11) is -2.20. The van der Waals surface area contributed by atoms with Crippen LogP contribution in [0.15, 0.2) is 47.4 Å². The molecule has 0 fully saturated rings. The number of hydrogen-bond donors (Lipinski definition) is 0. The lowest BCUT2D eigenvalue weighted by Gasteiger charge is -2.18. The summed E-state index contributed by atoms with van der Waals surface area (Å²) >= 11 is 0. The van der Waals surface area contributed by atoms with Crippen LogP contribution in [0.2, 0.25) is 0 Å². The molecule has 2 aromatic carbocycles. The SMILES string of the molecule is CCN(CC)S(=O)(=O)c1cccc(C(=O)OCc2cc(C(C)=O)ccc2OC)c1. The van der Waals surface area contributed by atoms with E-state index < -0.39 is 16.0 Å². The first-order valence-corrected chi connectivity index (χ1v) is 10.6. The molecule has 0 heterocycles. The van der Waals surface area contributed by atoms with Crippen LogP contribution in [0.3, 0.4) is 0 Å². The summed E-state index contributed by atoms with van der Waals surface area (Å²) in [6.07, 6.45) is 0. The fraction of sp³-hybridized carbons (Fsp3) is 0.333. The number of benzene rings is 2. The first kappa shape index (κ1) is 22.6. The second-order valence-corrected chi connectivity index (χ2v) is 8.21. The van der Waals surface area contributed by atoms with Crippen molar-refractivity contribution >= 4 is 21.8 Å². The predicted octanol–water partition coefficient (Wildman–Crippen LogP) is 3.29. The molecule has 0 saturated carbocycles. The summed E-state index contributed by atoms with van der Waals surface area (Å²) in [5, 5.41) is 0. The summed E-state index contributed by atoms with van der Waals surface area (Å²) in [5.41, 5.74) is 1.14. The average Bonchev–Trinajstić information content (AvgIpc) is 2.72. The molecule has 0 aliphatic heterocycles. The number of nitrogens with zero attached hydrogens (tertiary/aromatic N) is 1. The average molecular weight is 419 g/mol. The predicted molar refractivity (Wildman–Crippen MR) is 109 cm³/mol. The molecule has 2 rings (SSSR count). The van der Waals surface area contributed by atoms with Crippen molar-refractivity contribution in [1.82, 2.24) is 4.31 Å². The first-order chi connectivity index (χ1) is 13.7. The molecule has 0 bridgehead atoms. The number of esters is 1. The number of hydrogen-bond acceptors (Lipinski definition) is 6. The van der Waals surface area contributed by atoms with E-state index in [2.05, 4.69) is 0 Å².